The van der Waals surface area contributed by atoms with E-state index in [0.29, 0.717) is 13.2 Å². The summed E-state index contributed by atoms with van der Waals surface area (Å²) in [6, 6.07) is 6.46. The Bertz CT molecular complexity index is 339. The predicted molar refractivity (Wildman–Crippen MR) is 74.9 cm³/mol. The number of ether oxygens (including phenoxy) is 2. The molecule has 0 saturated carbocycles. The van der Waals surface area contributed by atoms with Gasteiger partial charge in [0, 0.05) is 20.3 Å². The monoisotopic (exact) mass is 251 g/mol. The van der Waals surface area contributed by atoms with E-state index in [1.165, 1.54) is 16.7 Å². The summed E-state index contributed by atoms with van der Waals surface area (Å²) in [6.45, 7) is 8.42. The molecule has 0 aromatic heterocycles. The SMILES string of the molecule is COCCOCCCNCc1cccc(C)c1C. The molecular formula is C15H25NO2. The number of methoxy groups -OCH3 is 1. The van der Waals surface area contributed by atoms with Crippen molar-refractivity contribution in [2.24, 2.45) is 0 Å². The molecule has 1 aromatic rings. The fourth-order valence-corrected chi connectivity index (χ4v) is 1.77. The molecular weight excluding hydrogens is 226 g/mol. The zero-order chi connectivity index (χ0) is 13.2. The van der Waals surface area contributed by atoms with Gasteiger partial charge in [0.05, 0.1) is 13.2 Å². The Labute approximate surface area is 110 Å². The summed E-state index contributed by atoms with van der Waals surface area (Å²) in [5.74, 6) is 0. The smallest absolute Gasteiger partial charge is 0.0700 e. The highest BCUT2D eigenvalue weighted by Gasteiger charge is 1.99. The average Bonchev–Trinajstić information content (AvgIpc) is 2.37. The van der Waals surface area contributed by atoms with E-state index in [4.69, 9.17) is 9.47 Å². The zero-order valence-electron chi connectivity index (χ0n) is 11.8. The normalized spacial score (nSPS) is 10.8. The molecule has 0 heterocycles. The molecule has 0 aliphatic carbocycles. The van der Waals surface area contributed by atoms with Crippen LogP contribution in [-0.2, 0) is 16.0 Å². The molecule has 0 aliphatic heterocycles. The minimum Gasteiger partial charge on any atom is -0.382 e. The molecule has 0 unspecified atom stereocenters. The van der Waals surface area contributed by atoms with Gasteiger partial charge in [-0.1, -0.05) is 18.2 Å². The van der Waals surface area contributed by atoms with Crippen LogP contribution in [0.15, 0.2) is 18.2 Å². The molecule has 3 nitrogen and oxygen atoms in total. The van der Waals surface area contributed by atoms with Crippen LogP contribution in [0.2, 0.25) is 0 Å². The summed E-state index contributed by atoms with van der Waals surface area (Å²) >= 11 is 0. The molecule has 102 valence electrons. The molecule has 0 amide bonds. The molecule has 0 atom stereocenters. The predicted octanol–water partition coefficient (Wildman–Crippen LogP) is 2.45. The Morgan fingerprint density at radius 1 is 1.11 bits per heavy atom. The lowest BCUT2D eigenvalue weighted by molar-refractivity contribution is 0.0695. The summed E-state index contributed by atoms with van der Waals surface area (Å²) in [5.41, 5.74) is 4.13. The largest absolute Gasteiger partial charge is 0.382 e. The molecule has 0 radical (unpaired) electrons. The van der Waals surface area contributed by atoms with Crippen molar-refractivity contribution in [1.29, 1.82) is 0 Å². The first-order valence-electron chi connectivity index (χ1n) is 6.58. The van der Waals surface area contributed by atoms with Crippen molar-refractivity contribution in [2.75, 3.05) is 33.5 Å². The van der Waals surface area contributed by atoms with Gasteiger partial charge in [-0.3, -0.25) is 0 Å². The van der Waals surface area contributed by atoms with Gasteiger partial charge in [0.25, 0.3) is 0 Å². The summed E-state index contributed by atoms with van der Waals surface area (Å²) in [6.07, 6.45) is 1.04. The Kier molecular flexibility index (Phi) is 7.65. The standard InChI is InChI=1S/C15H25NO2/c1-13-6-4-7-15(14(13)2)12-16-8-5-9-18-11-10-17-3/h4,6-7,16H,5,8-12H2,1-3H3. The second kappa shape index (κ2) is 9.09. The lowest BCUT2D eigenvalue weighted by atomic mass is 10.0. The Hall–Kier alpha value is -0.900. The van der Waals surface area contributed by atoms with Crippen molar-refractivity contribution in [3.05, 3.63) is 34.9 Å². The first-order chi connectivity index (χ1) is 8.75. The number of benzene rings is 1. The fourth-order valence-electron chi connectivity index (χ4n) is 1.77. The van der Waals surface area contributed by atoms with E-state index < -0.39 is 0 Å². The van der Waals surface area contributed by atoms with Crippen molar-refractivity contribution in [1.82, 2.24) is 5.32 Å². The number of rotatable bonds is 9. The van der Waals surface area contributed by atoms with Crippen LogP contribution in [0.1, 0.15) is 23.1 Å². The van der Waals surface area contributed by atoms with Crippen LogP contribution in [0, 0.1) is 13.8 Å². The van der Waals surface area contributed by atoms with Gasteiger partial charge in [0.1, 0.15) is 0 Å². The Morgan fingerprint density at radius 2 is 1.94 bits per heavy atom. The summed E-state index contributed by atoms with van der Waals surface area (Å²) in [5, 5.41) is 3.45. The zero-order valence-corrected chi connectivity index (χ0v) is 11.8. The molecule has 0 bridgehead atoms. The highest BCUT2D eigenvalue weighted by molar-refractivity contribution is 5.32. The highest BCUT2D eigenvalue weighted by atomic mass is 16.5. The van der Waals surface area contributed by atoms with E-state index in [1.807, 2.05) is 0 Å². The minimum absolute atomic E-state index is 0.677. The van der Waals surface area contributed by atoms with Crippen LogP contribution in [0.5, 0.6) is 0 Å². The van der Waals surface area contributed by atoms with Gasteiger partial charge in [-0.15, -0.1) is 0 Å². The summed E-state index contributed by atoms with van der Waals surface area (Å²) in [4.78, 5) is 0. The van der Waals surface area contributed by atoms with Gasteiger partial charge in [-0.2, -0.15) is 0 Å². The molecule has 0 fully saturated rings. The topological polar surface area (TPSA) is 30.5 Å². The lowest BCUT2D eigenvalue weighted by Gasteiger charge is -2.10. The fraction of sp³-hybridized carbons (Fsp3) is 0.600. The minimum atomic E-state index is 0.677. The van der Waals surface area contributed by atoms with Crippen LogP contribution < -0.4 is 5.32 Å². The van der Waals surface area contributed by atoms with E-state index in [2.05, 4.69) is 37.4 Å². The average molecular weight is 251 g/mol. The molecule has 1 rings (SSSR count). The van der Waals surface area contributed by atoms with Crippen LogP contribution in [0.3, 0.4) is 0 Å². The molecule has 1 aromatic carbocycles. The first-order valence-corrected chi connectivity index (χ1v) is 6.58. The van der Waals surface area contributed by atoms with Crippen LogP contribution in [0.25, 0.3) is 0 Å². The lowest BCUT2D eigenvalue weighted by Crippen LogP contribution is -2.17. The second-order valence-corrected chi connectivity index (χ2v) is 4.49. The third-order valence-electron chi connectivity index (χ3n) is 3.11. The maximum Gasteiger partial charge on any atom is 0.0700 e. The number of aryl methyl sites for hydroxylation is 1. The van der Waals surface area contributed by atoms with Gasteiger partial charge < -0.3 is 14.8 Å². The van der Waals surface area contributed by atoms with Gasteiger partial charge in [0.2, 0.25) is 0 Å². The van der Waals surface area contributed by atoms with Crippen LogP contribution in [-0.4, -0.2) is 33.5 Å². The van der Waals surface area contributed by atoms with Crippen LogP contribution >= 0.6 is 0 Å². The number of hydrogen-bond acceptors (Lipinski definition) is 3. The maximum absolute atomic E-state index is 5.40. The van der Waals surface area contributed by atoms with Gasteiger partial charge in [-0.05, 0) is 43.5 Å². The molecule has 0 saturated heterocycles. The summed E-state index contributed by atoms with van der Waals surface area (Å²) < 4.78 is 10.3. The third-order valence-corrected chi connectivity index (χ3v) is 3.11. The second-order valence-electron chi connectivity index (χ2n) is 4.49. The third kappa shape index (κ3) is 5.63. The molecule has 0 spiro atoms. The van der Waals surface area contributed by atoms with Crippen molar-refractivity contribution in [2.45, 2.75) is 26.8 Å². The number of nitrogens with one attached hydrogen (secondary N) is 1. The van der Waals surface area contributed by atoms with Crippen molar-refractivity contribution in [3.8, 4) is 0 Å². The van der Waals surface area contributed by atoms with Gasteiger partial charge in [0.15, 0.2) is 0 Å². The van der Waals surface area contributed by atoms with E-state index in [-0.39, 0.29) is 0 Å². The highest BCUT2D eigenvalue weighted by Crippen LogP contribution is 2.11. The quantitative estimate of drug-likeness (QED) is 0.684. The van der Waals surface area contributed by atoms with Gasteiger partial charge in [-0.25, -0.2) is 0 Å². The van der Waals surface area contributed by atoms with Crippen molar-refractivity contribution in [3.63, 3.8) is 0 Å². The maximum atomic E-state index is 5.40. The Morgan fingerprint density at radius 3 is 2.72 bits per heavy atom. The van der Waals surface area contributed by atoms with E-state index >= 15 is 0 Å². The van der Waals surface area contributed by atoms with E-state index in [0.717, 1.165) is 26.1 Å². The van der Waals surface area contributed by atoms with Crippen LogP contribution in [0.4, 0.5) is 0 Å². The molecule has 3 heteroatoms. The molecule has 18 heavy (non-hydrogen) atoms. The first kappa shape index (κ1) is 15.2. The summed E-state index contributed by atoms with van der Waals surface area (Å²) in [7, 11) is 1.69. The van der Waals surface area contributed by atoms with Gasteiger partial charge >= 0.3 is 0 Å². The van der Waals surface area contributed by atoms with E-state index in [1.54, 1.807) is 7.11 Å². The number of hydrogen-bond donors (Lipinski definition) is 1. The molecule has 1 N–H and O–H groups in total. The Balaban J connectivity index is 2.09. The van der Waals surface area contributed by atoms with E-state index in [9.17, 15) is 0 Å². The molecule has 0 aliphatic rings. The van der Waals surface area contributed by atoms with Crippen molar-refractivity contribution >= 4 is 0 Å². The van der Waals surface area contributed by atoms with Crippen molar-refractivity contribution < 1.29 is 9.47 Å².